The molecule has 2 unspecified atom stereocenters. The maximum atomic E-state index is 3.95. The van der Waals surface area contributed by atoms with Gasteiger partial charge in [0.25, 0.3) is 0 Å². The fourth-order valence-corrected chi connectivity index (χ4v) is 4.32. The normalized spacial score (nSPS) is 17.9. The maximum Gasteiger partial charge on any atom is 0.0349 e. The third kappa shape index (κ3) is 6.36. The van der Waals surface area contributed by atoms with Gasteiger partial charge in [-0.3, -0.25) is 0 Å². The Hall–Kier alpha value is -1.86. The highest BCUT2D eigenvalue weighted by Crippen LogP contribution is 2.28. The summed E-state index contributed by atoms with van der Waals surface area (Å²) in [6.45, 7) is 5.74. The van der Waals surface area contributed by atoms with Crippen LogP contribution in [0.15, 0.2) is 60.7 Å². The first-order chi connectivity index (χ1) is 13.2. The van der Waals surface area contributed by atoms with Gasteiger partial charge in [-0.1, -0.05) is 98.5 Å². The van der Waals surface area contributed by atoms with E-state index in [0.29, 0.717) is 12.0 Å². The summed E-state index contributed by atoms with van der Waals surface area (Å²) in [5.41, 5.74) is 4.07. The Labute approximate surface area is 165 Å². The Balaban J connectivity index is 1.65. The third-order valence-electron chi connectivity index (χ3n) is 5.94. The van der Waals surface area contributed by atoms with Gasteiger partial charge >= 0.3 is 0 Å². The molecule has 0 aliphatic heterocycles. The fraction of sp³-hybridized carbons (Fsp3) is 0.462. The standard InChI is InChI=1S/C26H35N/c1-21-11-9-18-25(19-21)26(27-20-24-15-7-4-8-16-24)22(2)12-10-17-23-13-5-3-6-14-23/h3,5-6,9-11,13-14,17-19,22,24,26-27H,4,7-8,12,15-16,20H2,1-2H3. The van der Waals surface area contributed by atoms with Gasteiger partial charge in [0.2, 0.25) is 0 Å². The van der Waals surface area contributed by atoms with Crippen molar-refractivity contribution < 1.29 is 0 Å². The Morgan fingerprint density at radius 2 is 1.78 bits per heavy atom. The van der Waals surface area contributed by atoms with Gasteiger partial charge in [-0.05, 0) is 55.7 Å². The molecule has 1 heteroatoms. The zero-order chi connectivity index (χ0) is 18.9. The lowest BCUT2D eigenvalue weighted by atomic mass is 9.87. The summed E-state index contributed by atoms with van der Waals surface area (Å²) in [7, 11) is 0. The van der Waals surface area contributed by atoms with Crippen molar-refractivity contribution in [2.45, 2.75) is 58.4 Å². The molecule has 0 bridgehead atoms. The molecule has 3 rings (SSSR count). The summed E-state index contributed by atoms with van der Waals surface area (Å²) in [4.78, 5) is 0. The summed E-state index contributed by atoms with van der Waals surface area (Å²) in [6, 6.07) is 20.1. The Bertz CT molecular complexity index is 697. The zero-order valence-electron chi connectivity index (χ0n) is 17.0. The van der Waals surface area contributed by atoms with Crippen molar-refractivity contribution in [2.24, 2.45) is 11.8 Å². The molecule has 0 radical (unpaired) electrons. The highest BCUT2D eigenvalue weighted by atomic mass is 14.9. The first-order valence-electron chi connectivity index (χ1n) is 10.7. The molecule has 1 N–H and O–H groups in total. The van der Waals surface area contributed by atoms with Crippen LogP contribution < -0.4 is 5.32 Å². The van der Waals surface area contributed by atoms with E-state index >= 15 is 0 Å². The smallest absolute Gasteiger partial charge is 0.0349 e. The predicted molar refractivity (Wildman–Crippen MR) is 118 cm³/mol. The second-order valence-electron chi connectivity index (χ2n) is 8.33. The van der Waals surface area contributed by atoms with Gasteiger partial charge in [0.15, 0.2) is 0 Å². The minimum atomic E-state index is 0.423. The molecular formula is C26H35N. The summed E-state index contributed by atoms with van der Waals surface area (Å²) in [5, 5.41) is 3.95. The zero-order valence-corrected chi connectivity index (χ0v) is 17.0. The average molecular weight is 362 g/mol. The number of rotatable bonds is 8. The molecule has 2 aromatic rings. The van der Waals surface area contributed by atoms with Crippen molar-refractivity contribution in [3.05, 3.63) is 77.4 Å². The monoisotopic (exact) mass is 361 g/mol. The molecule has 0 saturated heterocycles. The molecule has 2 atom stereocenters. The molecule has 144 valence electrons. The SMILES string of the molecule is Cc1cccc(C(NCC2CCCCC2)C(C)CC=Cc2ccccc2)c1. The van der Waals surface area contributed by atoms with Crippen molar-refractivity contribution in [3.8, 4) is 0 Å². The number of allylic oxidation sites excluding steroid dienone is 1. The molecule has 0 aromatic heterocycles. The Morgan fingerprint density at radius 3 is 2.52 bits per heavy atom. The summed E-state index contributed by atoms with van der Waals surface area (Å²) >= 11 is 0. The molecular weight excluding hydrogens is 326 g/mol. The van der Waals surface area contributed by atoms with E-state index in [1.54, 1.807) is 0 Å². The van der Waals surface area contributed by atoms with Crippen LogP contribution in [0.4, 0.5) is 0 Å². The van der Waals surface area contributed by atoms with Crippen molar-refractivity contribution in [2.75, 3.05) is 6.54 Å². The first-order valence-corrected chi connectivity index (χ1v) is 10.7. The van der Waals surface area contributed by atoms with Crippen LogP contribution in [-0.2, 0) is 0 Å². The van der Waals surface area contributed by atoms with Gasteiger partial charge in [-0.15, -0.1) is 0 Å². The van der Waals surface area contributed by atoms with Crippen LogP contribution in [0, 0.1) is 18.8 Å². The van der Waals surface area contributed by atoms with Crippen LogP contribution in [0.5, 0.6) is 0 Å². The van der Waals surface area contributed by atoms with Gasteiger partial charge < -0.3 is 5.32 Å². The lowest BCUT2D eigenvalue weighted by Gasteiger charge is -2.29. The molecule has 1 fully saturated rings. The van der Waals surface area contributed by atoms with Crippen LogP contribution in [0.1, 0.15) is 68.2 Å². The van der Waals surface area contributed by atoms with Gasteiger partial charge in [0.1, 0.15) is 0 Å². The molecule has 1 nitrogen and oxygen atoms in total. The van der Waals surface area contributed by atoms with Crippen molar-refractivity contribution in [1.82, 2.24) is 5.32 Å². The van der Waals surface area contributed by atoms with Crippen LogP contribution in [0.3, 0.4) is 0 Å². The molecule has 0 heterocycles. The first kappa shape index (κ1) is 19.9. The second-order valence-corrected chi connectivity index (χ2v) is 8.33. The van der Waals surface area contributed by atoms with Gasteiger partial charge in [0, 0.05) is 6.04 Å². The van der Waals surface area contributed by atoms with E-state index in [1.807, 2.05) is 0 Å². The Kier molecular flexibility index (Phi) is 7.71. The molecule has 1 aliphatic carbocycles. The van der Waals surface area contributed by atoms with E-state index in [1.165, 1.54) is 48.8 Å². The summed E-state index contributed by atoms with van der Waals surface area (Å²) in [5.74, 6) is 1.42. The largest absolute Gasteiger partial charge is 0.309 e. The second kappa shape index (κ2) is 10.5. The van der Waals surface area contributed by atoms with Gasteiger partial charge in [0.05, 0.1) is 0 Å². The predicted octanol–water partition coefficient (Wildman–Crippen LogP) is 6.95. The van der Waals surface area contributed by atoms with Crippen molar-refractivity contribution >= 4 is 6.08 Å². The minimum absolute atomic E-state index is 0.423. The number of nitrogens with one attached hydrogen (secondary N) is 1. The van der Waals surface area contributed by atoms with E-state index in [0.717, 1.165) is 18.9 Å². The van der Waals surface area contributed by atoms with Crippen LogP contribution in [-0.4, -0.2) is 6.54 Å². The lowest BCUT2D eigenvalue weighted by Crippen LogP contribution is -2.32. The summed E-state index contributed by atoms with van der Waals surface area (Å²) < 4.78 is 0. The van der Waals surface area contributed by atoms with Crippen LogP contribution >= 0.6 is 0 Å². The average Bonchev–Trinajstić information content (AvgIpc) is 2.70. The van der Waals surface area contributed by atoms with E-state index in [2.05, 4.69) is 85.9 Å². The number of hydrogen-bond acceptors (Lipinski definition) is 1. The molecule has 2 aromatic carbocycles. The quantitative estimate of drug-likeness (QED) is 0.536. The maximum absolute atomic E-state index is 3.95. The molecule has 0 spiro atoms. The molecule has 1 aliphatic rings. The number of aryl methyl sites for hydroxylation is 1. The van der Waals surface area contributed by atoms with Crippen LogP contribution in [0.25, 0.3) is 6.08 Å². The lowest BCUT2D eigenvalue weighted by molar-refractivity contribution is 0.301. The van der Waals surface area contributed by atoms with Gasteiger partial charge in [-0.25, -0.2) is 0 Å². The number of benzene rings is 2. The van der Waals surface area contributed by atoms with E-state index in [9.17, 15) is 0 Å². The highest BCUT2D eigenvalue weighted by Gasteiger charge is 2.21. The van der Waals surface area contributed by atoms with Crippen molar-refractivity contribution in [3.63, 3.8) is 0 Å². The third-order valence-corrected chi connectivity index (χ3v) is 5.94. The Morgan fingerprint density at radius 1 is 1.00 bits per heavy atom. The molecule has 0 amide bonds. The van der Waals surface area contributed by atoms with E-state index < -0.39 is 0 Å². The van der Waals surface area contributed by atoms with E-state index in [-0.39, 0.29) is 0 Å². The molecule has 1 saturated carbocycles. The minimum Gasteiger partial charge on any atom is -0.309 e. The van der Waals surface area contributed by atoms with E-state index in [4.69, 9.17) is 0 Å². The number of hydrogen-bond donors (Lipinski definition) is 1. The topological polar surface area (TPSA) is 12.0 Å². The summed E-state index contributed by atoms with van der Waals surface area (Å²) in [6.07, 6.45) is 12.7. The highest BCUT2D eigenvalue weighted by molar-refractivity contribution is 5.48. The fourth-order valence-electron chi connectivity index (χ4n) is 4.32. The molecule has 27 heavy (non-hydrogen) atoms. The van der Waals surface area contributed by atoms with Crippen LogP contribution in [0.2, 0.25) is 0 Å². The van der Waals surface area contributed by atoms with Crippen molar-refractivity contribution in [1.29, 1.82) is 0 Å². The van der Waals surface area contributed by atoms with Gasteiger partial charge in [-0.2, -0.15) is 0 Å².